The van der Waals surface area contributed by atoms with Gasteiger partial charge in [0, 0.05) is 24.6 Å². The van der Waals surface area contributed by atoms with Crippen molar-refractivity contribution in [3.63, 3.8) is 0 Å². The Morgan fingerprint density at radius 2 is 2.03 bits per heavy atom. The van der Waals surface area contributed by atoms with E-state index in [2.05, 4.69) is 10.3 Å². The molecule has 0 radical (unpaired) electrons. The van der Waals surface area contributed by atoms with Gasteiger partial charge in [0.05, 0.1) is 31.6 Å². The highest BCUT2D eigenvalue weighted by atomic mass is 16.5. The summed E-state index contributed by atoms with van der Waals surface area (Å²) >= 11 is 0. The zero-order valence-corrected chi connectivity index (χ0v) is 15.9. The lowest BCUT2D eigenvalue weighted by atomic mass is 9.77. The van der Waals surface area contributed by atoms with E-state index in [1.165, 1.54) is 0 Å². The fourth-order valence-electron chi connectivity index (χ4n) is 4.62. The van der Waals surface area contributed by atoms with Crippen LogP contribution in [0.2, 0.25) is 0 Å². The molecule has 2 amide bonds. The van der Waals surface area contributed by atoms with E-state index in [-0.39, 0.29) is 17.9 Å². The van der Waals surface area contributed by atoms with Gasteiger partial charge in [0.15, 0.2) is 0 Å². The average Bonchev–Trinajstić information content (AvgIpc) is 3.38. The number of carbonyl (C=O) groups excluding carboxylic acids is 2. The van der Waals surface area contributed by atoms with Crippen molar-refractivity contribution in [2.24, 2.45) is 11.8 Å². The first-order chi connectivity index (χ1) is 14.1. The van der Waals surface area contributed by atoms with Gasteiger partial charge in [-0.3, -0.25) is 14.6 Å². The number of pyridine rings is 1. The van der Waals surface area contributed by atoms with Crippen molar-refractivity contribution >= 4 is 17.5 Å². The van der Waals surface area contributed by atoms with Crippen molar-refractivity contribution in [2.75, 3.05) is 19.0 Å². The molecule has 7 nitrogen and oxygen atoms in total. The lowest BCUT2D eigenvalue weighted by Gasteiger charge is -2.23. The predicted octanol–water partition coefficient (Wildman–Crippen LogP) is 2.01. The first-order valence-corrected chi connectivity index (χ1v) is 9.59. The molecular formula is C22H21N3O4. The number of amides is 2. The fraction of sp³-hybridized carbons (Fsp3) is 0.318. The summed E-state index contributed by atoms with van der Waals surface area (Å²) in [4.78, 5) is 32.1. The van der Waals surface area contributed by atoms with E-state index >= 15 is 0 Å². The zero-order valence-electron chi connectivity index (χ0n) is 15.9. The van der Waals surface area contributed by atoms with Crippen LogP contribution < -0.4 is 10.1 Å². The molecule has 1 N–H and O–H groups in total. The minimum absolute atomic E-state index is 0.0384. The second-order valence-electron chi connectivity index (χ2n) is 7.67. The maximum absolute atomic E-state index is 13.2. The number of benzene rings is 1. The molecule has 1 aromatic carbocycles. The van der Waals surface area contributed by atoms with Crippen molar-refractivity contribution in [1.82, 2.24) is 9.88 Å². The second kappa shape index (κ2) is 6.70. The van der Waals surface area contributed by atoms with Crippen molar-refractivity contribution < 1.29 is 19.1 Å². The summed E-state index contributed by atoms with van der Waals surface area (Å²) in [7, 11) is 1.59. The topological polar surface area (TPSA) is 80.8 Å². The SMILES string of the molecule is COc1ccc(NC(=O)C2[C@@H]3C=C[C@]4(CN(Cc5ccncc5)C(=O)[C@H]24)O3)cc1. The first kappa shape index (κ1) is 17.9. The lowest BCUT2D eigenvalue weighted by Crippen LogP contribution is -2.41. The molecule has 148 valence electrons. The van der Waals surface area contributed by atoms with Crippen LogP contribution in [-0.2, 0) is 20.9 Å². The van der Waals surface area contributed by atoms with Crippen molar-refractivity contribution in [2.45, 2.75) is 18.2 Å². The van der Waals surface area contributed by atoms with Crippen molar-refractivity contribution in [1.29, 1.82) is 0 Å². The van der Waals surface area contributed by atoms with E-state index in [0.717, 1.165) is 5.56 Å². The molecule has 7 heteroatoms. The standard InChI is InChI=1S/C22H21N3O4/c1-28-16-4-2-15(3-5-16)24-20(26)18-17-6-9-22(29-17)13-25(21(27)19(18)22)12-14-7-10-23-11-8-14/h2-11,17-19H,12-13H2,1H3,(H,24,26)/t17-,18?,19-,22+/m0/s1. The molecule has 1 aromatic heterocycles. The van der Waals surface area contributed by atoms with Gasteiger partial charge in [0.2, 0.25) is 11.8 Å². The van der Waals surface area contributed by atoms with Crippen LogP contribution in [0.3, 0.4) is 0 Å². The Morgan fingerprint density at radius 1 is 1.28 bits per heavy atom. The molecule has 3 aliphatic heterocycles. The monoisotopic (exact) mass is 391 g/mol. The molecule has 2 bridgehead atoms. The number of hydrogen-bond acceptors (Lipinski definition) is 5. The minimum Gasteiger partial charge on any atom is -0.497 e. The Kier molecular flexibility index (Phi) is 4.13. The Morgan fingerprint density at radius 3 is 2.76 bits per heavy atom. The molecule has 1 unspecified atom stereocenters. The number of hydrogen-bond donors (Lipinski definition) is 1. The molecule has 2 fully saturated rings. The van der Waals surface area contributed by atoms with Gasteiger partial charge in [-0.15, -0.1) is 0 Å². The van der Waals surface area contributed by atoms with Gasteiger partial charge in [-0.25, -0.2) is 0 Å². The largest absolute Gasteiger partial charge is 0.497 e. The van der Waals surface area contributed by atoms with Gasteiger partial charge in [-0.05, 0) is 42.0 Å². The number of rotatable bonds is 5. The highest BCUT2D eigenvalue weighted by Crippen LogP contribution is 2.52. The van der Waals surface area contributed by atoms with Crippen LogP contribution >= 0.6 is 0 Å². The summed E-state index contributed by atoms with van der Waals surface area (Å²) in [6.45, 7) is 0.937. The first-order valence-electron chi connectivity index (χ1n) is 9.59. The quantitative estimate of drug-likeness (QED) is 0.789. The van der Waals surface area contributed by atoms with Gasteiger partial charge >= 0.3 is 0 Å². The van der Waals surface area contributed by atoms with Gasteiger partial charge in [0.25, 0.3) is 0 Å². The molecule has 2 saturated heterocycles. The van der Waals surface area contributed by atoms with E-state index in [4.69, 9.17) is 9.47 Å². The van der Waals surface area contributed by atoms with Gasteiger partial charge in [-0.2, -0.15) is 0 Å². The third-order valence-corrected chi connectivity index (χ3v) is 5.96. The minimum atomic E-state index is -0.712. The smallest absolute Gasteiger partial charge is 0.231 e. The zero-order chi connectivity index (χ0) is 20.0. The van der Waals surface area contributed by atoms with E-state index in [9.17, 15) is 9.59 Å². The highest BCUT2D eigenvalue weighted by molar-refractivity contribution is 5.99. The molecule has 29 heavy (non-hydrogen) atoms. The number of ether oxygens (including phenoxy) is 2. The number of methoxy groups -OCH3 is 1. The Balaban J connectivity index is 1.36. The van der Waals surface area contributed by atoms with Crippen molar-refractivity contribution in [3.8, 4) is 5.75 Å². The van der Waals surface area contributed by atoms with E-state index < -0.39 is 17.4 Å². The molecule has 3 aliphatic rings. The Labute approximate surface area is 168 Å². The van der Waals surface area contributed by atoms with Crippen LogP contribution in [0, 0.1) is 11.8 Å². The van der Waals surface area contributed by atoms with Gasteiger partial charge in [0.1, 0.15) is 11.4 Å². The highest BCUT2D eigenvalue weighted by Gasteiger charge is 2.66. The summed E-state index contributed by atoms with van der Waals surface area (Å²) < 4.78 is 11.3. The third kappa shape index (κ3) is 2.89. The average molecular weight is 391 g/mol. The third-order valence-electron chi connectivity index (χ3n) is 5.96. The number of nitrogens with one attached hydrogen (secondary N) is 1. The number of nitrogens with zero attached hydrogens (tertiary/aromatic N) is 2. The van der Waals surface area contributed by atoms with Crippen LogP contribution in [-0.4, -0.2) is 47.1 Å². The Hall–Kier alpha value is -3.19. The molecular weight excluding hydrogens is 370 g/mol. The number of fused-ring (bicyclic) bond motifs is 1. The fourth-order valence-corrected chi connectivity index (χ4v) is 4.62. The van der Waals surface area contributed by atoms with Crippen LogP contribution in [0.4, 0.5) is 5.69 Å². The Bertz CT molecular complexity index is 975. The van der Waals surface area contributed by atoms with E-state index in [1.807, 2.05) is 24.3 Å². The van der Waals surface area contributed by atoms with Crippen molar-refractivity contribution in [3.05, 3.63) is 66.5 Å². The summed E-state index contributed by atoms with van der Waals surface area (Å²) in [6, 6.07) is 10.9. The number of aromatic nitrogens is 1. The maximum Gasteiger partial charge on any atom is 0.231 e. The normalized spacial score (nSPS) is 29.2. The number of carbonyl (C=O) groups is 2. The summed E-state index contributed by atoms with van der Waals surface area (Å²) in [5.74, 6) is -0.570. The molecule has 1 spiro atoms. The summed E-state index contributed by atoms with van der Waals surface area (Å²) in [6.07, 6.45) is 6.93. The van der Waals surface area contributed by atoms with Crippen LogP contribution in [0.25, 0.3) is 0 Å². The molecule has 0 saturated carbocycles. The van der Waals surface area contributed by atoms with Crippen LogP contribution in [0.1, 0.15) is 5.56 Å². The maximum atomic E-state index is 13.2. The summed E-state index contributed by atoms with van der Waals surface area (Å²) in [5, 5.41) is 2.93. The van der Waals surface area contributed by atoms with E-state index in [0.29, 0.717) is 24.5 Å². The molecule has 4 atom stereocenters. The van der Waals surface area contributed by atoms with Gasteiger partial charge in [-0.1, -0.05) is 12.2 Å². The summed E-state index contributed by atoms with van der Waals surface area (Å²) in [5.41, 5.74) is 0.953. The second-order valence-corrected chi connectivity index (χ2v) is 7.67. The molecule has 0 aliphatic carbocycles. The predicted molar refractivity (Wildman–Crippen MR) is 105 cm³/mol. The lowest BCUT2D eigenvalue weighted by molar-refractivity contribution is -0.136. The van der Waals surface area contributed by atoms with Gasteiger partial charge < -0.3 is 19.7 Å². The molecule has 4 heterocycles. The molecule has 5 rings (SSSR count). The van der Waals surface area contributed by atoms with Crippen LogP contribution in [0.5, 0.6) is 5.75 Å². The van der Waals surface area contributed by atoms with E-state index in [1.54, 1.807) is 48.7 Å². The number of likely N-dealkylation sites (tertiary alicyclic amines) is 1. The van der Waals surface area contributed by atoms with Crippen LogP contribution in [0.15, 0.2) is 60.9 Å². The number of anilines is 1. The molecule has 2 aromatic rings.